The number of rotatable bonds is 8. The molecule has 0 bridgehead atoms. The van der Waals surface area contributed by atoms with Crippen LogP contribution in [0.15, 0.2) is 53.0 Å². The smallest absolute Gasteiger partial charge is 0.261 e. The molecule has 2 rings (SSSR count). The highest BCUT2D eigenvalue weighted by Crippen LogP contribution is 2.25. The molecule has 0 saturated carbocycles. The number of nitrogens with one attached hydrogen (secondary N) is 2. The fraction of sp³-hybridized carbons (Fsp3) is 0.368. The predicted molar refractivity (Wildman–Crippen MR) is 103 cm³/mol. The standard InChI is InChI=1S/C19H26N2O3S/c1-4-7-15-8-6-9-18(12-10-15)25(22,23)21-17-11-13-19(24-20-3)16(5-2)14-17/h6,9-14,20-21H,4-5,7-8H2,1-3H3. The maximum Gasteiger partial charge on any atom is 0.261 e. The van der Waals surface area contributed by atoms with Crippen molar-refractivity contribution in [2.75, 3.05) is 11.8 Å². The molecule has 0 saturated heterocycles. The Morgan fingerprint density at radius 2 is 2.00 bits per heavy atom. The third-order valence-corrected chi connectivity index (χ3v) is 5.33. The molecule has 1 aromatic carbocycles. The predicted octanol–water partition coefficient (Wildman–Crippen LogP) is 4.07. The van der Waals surface area contributed by atoms with Crippen LogP contribution >= 0.6 is 0 Å². The second-order valence-corrected chi connectivity index (χ2v) is 7.52. The first kappa shape index (κ1) is 19.3. The highest BCUT2D eigenvalue weighted by atomic mass is 32.2. The van der Waals surface area contributed by atoms with Crippen LogP contribution in [0.4, 0.5) is 5.69 Å². The van der Waals surface area contributed by atoms with Gasteiger partial charge in [0.1, 0.15) is 5.75 Å². The normalized spacial score (nSPS) is 14.5. The third-order valence-electron chi connectivity index (χ3n) is 3.93. The first-order valence-corrected chi connectivity index (χ1v) is 10.0. The van der Waals surface area contributed by atoms with Crippen LogP contribution in [0.2, 0.25) is 0 Å². The maximum atomic E-state index is 12.7. The van der Waals surface area contributed by atoms with E-state index in [1.165, 1.54) is 5.57 Å². The zero-order chi connectivity index (χ0) is 18.3. The Morgan fingerprint density at radius 1 is 1.20 bits per heavy atom. The van der Waals surface area contributed by atoms with E-state index in [4.69, 9.17) is 4.84 Å². The van der Waals surface area contributed by atoms with E-state index in [9.17, 15) is 8.42 Å². The summed E-state index contributed by atoms with van der Waals surface area (Å²) in [5, 5.41) is 0. The Bertz CT molecular complexity index is 793. The van der Waals surface area contributed by atoms with E-state index in [-0.39, 0.29) is 4.91 Å². The number of benzene rings is 1. The van der Waals surface area contributed by atoms with Crippen LogP contribution in [-0.4, -0.2) is 15.5 Å². The van der Waals surface area contributed by atoms with Gasteiger partial charge in [0.2, 0.25) is 0 Å². The Balaban J connectivity index is 2.24. The lowest BCUT2D eigenvalue weighted by Crippen LogP contribution is -2.15. The lowest BCUT2D eigenvalue weighted by atomic mass is 10.1. The molecule has 0 spiro atoms. The van der Waals surface area contributed by atoms with E-state index < -0.39 is 10.0 Å². The fourth-order valence-electron chi connectivity index (χ4n) is 2.68. The molecule has 0 aliphatic heterocycles. The lowest BCUT2D eigenvalue weighted by molar-refractivity contribution is 0.221. The zero-order valence-electron chi connectivity index (χ0n) is 15.0. The molecule has 1 aliphatic rings. The van der Waals surface area contributed by atoms with Crippen molar-refractivity contribution in [1.29, 1.82) is 0 Å². The molecule has 1 aromatic rings. The molecule has 0 unspecified atom stereocenters. The summed E-state index contributed by atoms with van der Waals surface area (Å²) in [5.74, 6) is 0.689. The lowest BCUT2D eigenvalue weighted by Gasteiger charge is -2.12. The van der Waals surface area contributed by atoms with Gasteiger partial charge in [-0.05, 0) is 55.2 Å². The summed E-state index contributed by atoms with van der Waals surface area (Å²) in [6, 6.07) is 5.25. The van der Waals surface area contributed by atoms with E-state index in [1.807, 2.05) is 19.1 Å². The van der Waals surface area contributed by atoms with Gasteiger partial charge in [0.15, 0.2) is 0 Å². The molecule has 0 heterocycles. The van der Waals surface area contributed by atoms with Crippen molar-refractivity contribution in [1.82, 2.24) is 5.48 Å². The Morgan fingerprint density at radius 3 is 2.68 bits per heavy atom. The minimum atomic E-state index is -3.62. The molecular formula is C19H26N2O3S. The molecule has 0 atom stereocenters. The number of hydrogen-bond acceptors (Lipinski definition) is 4. The van der Waals surface area contributed by atoms with Crippen LogP contribution in [0.1, 0.15) is 38.7 Å². The van der Waals surface area contributed by atoms with Crippen LogP contribution < -0.4 is 15.0 Å². The van der Waals surface area contributed by atoms with E-state index >= 15 is 0 Å². The highest BCUT2D eigenvalue weighted by molar-refractivity contribution is 7.96. The van der Waals surface area contributed by atoms with Gasteiger partial charge in [-0.25, -0.2) is 8.42 Å². The summed E-state index contributed by atoms with van der Waals surface area (Å²) in [4.78, 5) is 5.59. The van der Waals surface area contributed by atoms with Crippen molar-refractivity contribution in [3.8, 4) is 5.75 Å². The molecule has 1 aliphatic carbocycles. The molecule has 25 heavy (non-hydrogen) atoms. The van der Waals surface area contributed by atoms with Crippen molar-refractivity contribution >= 4 is 15.7 Å². The first-order valence-electron chi connectivity index (χ1n) is 8.55. The fourth-order valence-corrected chi connectivity index (χ4v) is 3.76. The van der Waals surface area contributed by atoms with Crippen molar-refractivity contribution in [3.05, 3.63) is 58.5 Å². The quantitative estimate of drug-likeness (QED) is 0.684. The van der Waals surface area contributed by atoms with Crippen LogP contribution in [-0.2, 0) is 16.4 Å². The second kappa shape index (κ2) is 8.87. The number of aryl methyl sites for hydroxylation is 1. The minimum Gasteiger partial charge on any atom is -0.409 e. The summed E-state index contributed by atoms with van der Waals surface area (Å²) in [5.41, 5.74) is 5.32. The molecule has 2 N–H and O–H groups in total. The van der Waals surface area contributed by atoms with Crippen molar-refractivity contribution in [2.24, 2.45) is 0 Å². The van der Waals surface area contributed by atoms with Gasteiger partial charge in [0.25, 0.3) is 10.0 Å². The summed E-state index contributed by atoms with van der Waals surface area (Å²) in [7, 11) is -1.94. The summed E-state index contributed by atoms with van der Waals surface area (Å²) in [6.45, 7) is 4.11. The van der Waals surface area contributed by atoms with Gasteiger partial charge in [0.05, 0.1) is 4.91 Å². The number of hydrogen-bond donors (Lipinski definition) is 2. The Hall–Kier alpha value is -2.05. The van der Waals surface area contributed by atoms with Crippen molar-refractivity contribution < 1.29 is 13.3 Å². The van der Waals surface area contributed by atoms with Crippen molar-refractivity contribution in [2.45, 2.75) is 39.5 Å². The maximum absolute atomic E-state index is 12.7. The number of allylic oxidation sites excluding steroid dienone is 5. The van der Waals surface area contributed by atoms with E-state index in [0.29, 0.717) is 11.4 Å². The van der Waals surface area contributed by atoms with Gasteiger partial charge in [0, 0.05) is 12.7 Å². The molecule has 0 fully saturated rings. The average molecular weight is 362 g/mol. The first-order chi connectivity index (χ1) is 12.0. The van der Waals surface area contributed by atoms with Crippen LogP contribution in [0, 0.1) is 0 Å². The molecular weight excluding hydrogens is 336 g/mol. The van der Waals surface area contributed by atoms with Gasteiger partial charge in [-0.2, -0.15) is 5.48 Å². The SMILES string of the molecule is CCCC1=CC=C(S(=O)(=O)Nc2ccc(ONC)c(CC)c2)C=CC1. The van der Waals surface area contributed by atoms with Gasteiger partial charge in [-0.3, -0.25) is 4.72 Å². The Kier molecular flexibility index (Phi) is 6.84. The average Bonchev–Trinajstić information content (AvgIpc) is 2.83. The molecule has 0 amide bonds. The van der Waals surface area contributed by atoms with Crippen LogP contribution in [0.25, 0.3) is 0 Å². The topological polar surface area (TPSA) is 67.4 Å². The summed E-state index contributed by atoms with van der Waals surface area (Å²) in [6.07, 6.45) is 10.7. The van der Waals surface area contributed by atoms with E-state index in [1.54, 1.807) is 37.4 Å². The molecule has 0 aromatic heterocycles. The monoisotopic (exact) mass is 362 g/mol. The van der Waals surface area contributed by atoms with Crippen LogP contribution in [0.3, 0.4) is 0 Å². The van der Waals surface area contributed by atoms with Crippen LogP contribution in [0.5, 0.6) is 5.75 Å². The summed E-state index contributed by atoms with van der Waals surface area (Å²) < 4.78 is 28.0. The largest absolute Gasteiger partial charge is 0.409 e. The number of hydroxylamine groups is 1. The highest BCUT2D eigenvalue weighted by Gasteiger charge is 2.17. The number of sulfonamides is 1. The molecule has 0 radical (unpaired) electrons. The van der Waals surface area contributed by atoms with E-state index in [2.05, 4.69) is 17.1 Å². The van der Waals surface area contributed by atoms with E-state index in [0.717, 1.165) is 31.2 Å². The van der Waals surface area contributed by atoms with Crippen molar-refractivity contribution in [3.63, 3.8) is 0 Å². The zero-order valence-corrected chi connectivity index (χ0v) is 15.8. The summed E-state index contributed by atoms with van der Waals surface area (Å²) >= 11 is 0. The third kappa shape index (κ3) is 5.21. The molecule has 6 heteroatoms. The number of anilines is 1. The van der Waals surface area contributed by atoms with Gasteiger partial charge >= 0.3 is 0 Å². The second-order valence-electron chi connectivity index (χ2n) is 5.84. The molecule has 136 valence electrons. The minimum absolute atomic E-state index is 0.271. The van der Waals surface area contributed by atoms with Gasteiger partial charge < -0.3 is 4.84 Å². The van der Waals surface area contributed by atoms with Gasteiger partial charge in [-0.1, -0.05) is 38.0 Å². The molecule has 5 nitrogen and oxygen atoms in total. The van der Waals surface area contributed by atoms with Gasteiger partial charge in [-0.15, -0.1) is 0 Å². The Labute approximate surface area is 150 Å².